The van der Waals surface area contributed by atoms with Gasteiger partial charge in [-0.05, 0) is 56.1 Å². The van der Waals surface area contributed by atoms with E-state index in [0.29, 0.717) is 18.4 Å². The monoisotopic (exact) mass is 415 g/mol. The van der Waals surface area contributed by atoms with Crippen LogP contribution in [0.4, 0.5) is 5.69 Å². The van der Waals surface area contributed by atoms with Gasteiger partial charge in [-0.2, -0.15) is 10.2 Å². The molecule has 3 heterocycles. The highest BCUT2D eigenvalue weighted by atomic mass is 16.1. The summed E-state index contributed by atoms with van der Waals surface area (Å²) in [5.41, 5.74) is 4.57. The van der Waals surface area contributed by atoms with Crippen molar-refractivity contribution in [3.05, 3.63) is 48.8 Å². The van der Waals surface area contributed by atoms with Crippen LogP contribution < -0.4 is 10.2 Å². The Labute approximate surface area is 180 Å². The number of nitrogens with zero attached hydrogens (tertiary/aromatic N) is 4. The fourth-order valence-corrected chi connectivity index (χ4v) is 4.27. The van der Waals surface area contributed by atoms with E-state index in [-0.39, 0.29) is 0 Å². The van der Waals surface area contributed by atoms with Crippen LogP contribution in [0.25, 0.3) is 33.5 Å². The molecule has 31 heavy (non-hydrogen) atoms. The lowest BCUT2D eigenvalue weighted by molar-refractivity contribution is -0.107. The number of anilines is 1. The molecule has 158 valence electrons. The first-order chi connectivity index (χ1) is 15.3. The molecular weight excluding hydrogens is 390 g/mol. The number of piperidine rings is 1. The second-order valence-corrected chi connectivity index (χ2v) is 7.95. The number of amides is 1. The van der Waals surface area contributed by atoms with Crippen molar-refractivity contribution < 1.29 is 4.79 Å². The molecule has 3 N–H and O–H groups in total. The molecule has 1 saturated heterocycles. The molecular formula is C23H25N7O. The van der Waals surface area contributed by atoms with Crippen LogP contribution >= 0.6 is 0 Å². The van der Waals surface area contributed by atoms with E-state index in [9.17, 15) is 4.79 Å². The molecule has 0 saturated carbocycles. The maximum Gasteiger partial charge on any atom is 0.214 e. The second kappa shape index (κ2) is 8.69. The van der Waals surface area contributed by atoms with Crippen LogP contribution in [-0.2, 0) is 4.79 Å². The minimum absolute atomic E-state index is 0.490. The Morgan fingerprint density at radius 1 is 1.10 bits per heavy atom. The van der Waals surface area contributed by atoms with Crippen molar-refractivity contribution in [3.8, 4) is 22.6 Å². The number of carbonyl (C=O) groups excluding carboxylic acids is 1. The molecule has 1 aliphatic heterocycles. The standard InChI is InChI=1S/C23H25N7O/c31-15-30(11-9-18-5-1-2-10-24-18)19-6-3-4-16(12-19)22-20-13-17(23-25-14-26-29-23)7-8-21(20)27-28-22/h3-4,6-8,12-15,18,24H,1-2,5,9-11H2,(H,27,28)(H,25,26,29). The zero-order valence-corrected chi connectivity index (χ0v) is 17.2. The highest BCUT2D eigenvalue weighted by molar-refractivity contribution is 5.96. The van der Waals surface area contributed by atoms with Crippen molar-refractivity contribution in [1.82, 2.24) is 30.7 Å². The highest BCUT2D eigenvalue weighted by Crippen LogP contribution is 2.31. The van der Waals surface area contributed by atoms with Gasteiger partial charge >= 0.3 is 0 Å². The van der Waals surface area contributed by atoms with Gasteiger partial charge in [-0.3, -0.25) is 15.0 Å². The van der Waals surface area contributed by atoms with Crippen molar-refractivity contribution in [1.29, 1.82) is 0 Å². The van der Waals surface area contributed by atoms with Gasteiger partial charge in [-0.25, -0.2) is 4.98 Å². The number of carbonyl (C=O) groups is 1. The van der Waals surface area contributed by atoms with E-state index in [1.807, 2.05) is 42.5 Å². The molecule has 0 radical (unpaired) electrons. The molecule has 1 aliphatic rings. The Morgan fingerprint density at radius 2 is 2.06 bits per heavy atom. The maximum atomic E-state index is 11.8. The molecule has 4 aromatic rings. The molecule has 0 bridgehead atoms. The van der Waals surface area contributed by atoms with Crippen LogP contribution in [0, 0.1) is 0 Å². The summed E-state index contributed by atoms with van der Waals surface area (Å²) in [4.78, 5) is 17.9. The van der Waals surface area contributed by atoms with Gasteiger partial charge < -0.3 is 10.2 Å². The lowest BCUT2D eigenvalue weighted by Gasteiger charge is -2.26. The second-order valence-electron chi connectivity index (χ2n) is 7.95. The summed E-state index contributed by atoms with van der Waals surface area (Å²) in [6.07, 6.45) is 7.05. The van der Waals surface area contributed by atoms with Gasteiger partial charge in [0.05, 0.1) is 11.2 Å². The summed E-state index contributed by atoms with van der Waals surface area (Å²) in [6, 6.07) is 14.5. The molecule has 0 aliphatic carbocycles. The third-order valence-corrected chi connectivity index (χ3v) is 5.96. The number of nitrogens with one attached hydrogen (secondary N) is 3. The van der Waals surface area contributed by atoms with E-state index < -0.39 is 0 Å². The minimum atomic E-state index is 0.490. The summed E-state index contributed by atoms with van der Waals surface area (Å²) >= 11 is 0. The number of hydrogen-bond acceptors (Lipinski definition) is 5. The van der Waals surface area contributed by atoms with Crippen molar-refractivity contribution in [2.24, 2.45) is 0 Å². The van der Waals surface area contributed by atoms with E-state index in [4.69, 9.17) is 0 Å². The molecule has 1 amide bonds. The van der Waals surface area contributed by atoms with E-state index >= 15 is 0 Å². The third kappa shape index (κ3) is 4.06. The van der Waals surface area contributed by atoms with Gasteiger partial charge in [0.1, 0.15) is 6.33 Å². The third-order valence-electron chi connectivity index (χ3n) is 5.96. The first-order valence-electron chi connectivity index (χ1n) is 10.7. The van der Waals surface area contributed by atoms with Crippen LogP contribution in [0.2, 0.25) is 0 Å². The van der Waals surface area contributed by atoms with E-state index in [2.05, 4.69) is 30.7 Å². The molecule has 8 nitrogen and oxygen atoms in total. The molecule has 0 spiro atoms. The van der Waals surface area contributed by atoms with Gasteiger partial charge in [0.25, 0.3) is 0 Å². The zero-order valence-electron chi connectivity index (χ0n) is 17.2. The Bertz CT molecular complexity index is 1160. The average Bonchev–Trinajstić information content (AvgIpc) is 3.50. The number of fused-ring (bicyclic) bond motifs is 1. The normalized spacial score (nSPS) is 16.5. The van der Waals surface area contributed by atoms with E-state index in [1.54, 1.807) is 4.90 Å². The van der Waals surface area contributed by atoms with Crippen LogP contribution in [0.1, 0.15) is 25.7 Å². The average molecular weight is 416 g/mol. The largest absolute Gasteiger partial charge is 0.315 e. The molecule has 2 aromatic heterocycles. The summed E-state index contributed by atoms with van der Waals surface area (Å²) in [5, 5.41) is 19.0. The van der Waals surface area contributed by atoms with Crippen molar-refractivity contribution in [2.45, 2.75) is 31.7 Å². The van der Waals surface area contributed by atoms with Crippen LogP contribution in [0.5, 0.6) is 0 Å². The van der Waals surface area contributed by atoms with Crippen molar-refractivity contribution in [2.75, 3.05) is 18.0 Å². The van der Waals surface area contributed by atoms with Crippen LogP contribution in [0.3, 0.4) is 0 Å². The van der Waals surface area contributed by atoms with Crippen molar-refractivity contribution in [3.63, 3.8) is 0 Å². The lowest BCUT2D eigenvalue weighted by atomic mass is 10.0. The van der Waals surface area contributed by atoms with Gasteiger partial charge in [-0.1, -0.05) is 18.6 Å². The smallest absolute Gasteiger partial charge is 0.214 e. The summed E-state index contributed by atoms with van der Waals surface area (Å²) < 4.78 is 0. The van der Waals surface area contributed by atoms with Gasteiger partial charge in [0.2, 0.25) is 6.41 Å². The fraction of sp³-hybridized carbons (Fsp3) is 0.304. The molecule has 8 heteroatoms. The zero-order chi connectivity index (χ0) is 21.0. The van der Waals surface area contributed by atoms with Crippen LogP contribution in [-0.4, -0.2) is 50.9 Å². The van der Waals surface area contributed by atoms with Crippen molar-refractivity contribution >= 4 is 23.0 Å². The van der Waals surface area contributed by atoms with Crippen LogP contribution in [0.15, 0.2) is 48.8 Å². The predicted molar refractivity (Wildman–Crippen MR) is 121 cm³/mol. The predicted octanol–water partition coefficient (Wildman–Crippen LogP) is 3.51. The summed E-state index contributed by atoms with van der Waals surface area (Å²) in [7, 11) is 0. The Kier molecular flexibility index (Phi) is 5.45. The Morgan fingerprint density at radius 3 is 2.87 bits per heavy atom. The number of aromatic nitrogens is 5. The number of aromatic amines is 2. The number of rotatable bonds is 7. The molecule has 5 rings (SSSR count). The molecule has 1 fully saturated rings. The molecule has 1 unspecified atom stereocenters. The van der Waals surface area contributed by atoms with Gasteiger partial charge in [0, 0.05) is 34.8 Å². The molecule has 1 atom stereocenters. The topological polar surface area (TPSA) is 103 Å². The summed E-state index contributed by atoms with van der Waals surface area (Å²) in [6.45, 7) is 1.77. The first kappa shape index (κ1) is 19.4. The number of hydrogen-bond donors (Lipinski definition) is 3. The van der Waals surface area contributed by atoms with E-state index in [0.717, 1.165) is 52.8 Å². The van der Waals surface area contributed by atoms with E-state index in [1.165, 1.54) is 25.6 Å². The number of benzene rings is 2. The van der Waals surface area contributed by atoms with Gasteiger partial charge in [-0.15, -0.1) is 0 Å². The Hall–Kier alpha value is -3.52. The maximum absolute atomic E-state index is 11.8. The SMILES string of the molecule is O=CN(CCC1CCCCN1)c1cccc(-c2n[nH]c3ccc(-c4ncn[nH]4)cc23)c1. The molecule has 2 aromatic carbocycles. The summed E-state index contributed by atoms with van der Waals surface area (Å²) in [5.74, 6) is 0.714. The Balaban J connectivity index is 1.42. The fourth-order valence-electron chi connectivity index (χ4n) is 4.27. The van der Waals surface area contributed by atoms with Gasteiger partial charge in [0.15, 0.2) is 5.82 Å². The minimum Gasteiger partial charge on any atom is -0.315 e. The number of H-pyrrole nitrogens is 2. The quantitative estimate of drug-likeness (QED) is 0.401. The highest BCUT2D eigenvalue weighted by Gasteiger charge is 2.16. The lowest BCUT2D eigenvalue weighted by Crippen LogP contribution is -2.37. The first-order valence-corrected chi connectivity index (χ1v) is 10.7.